The first-order valence-corrected chi connectivity index (χ1v) is 9.91. The Morgan fingerprint density at radius 3 is 2.41 bits per heavy atom. The van der Waals surface area contributed by atoms with Crippen LogP contribution in [-0.4, -0.2) is 46.4 Å². The molecule has 27 heavy (non-hydrogen) atoms. The van der Waals surface area contributed by atoms with Crippen LogP contribution in [0.3, 0.4) is 0 Å². The van der Waals surface area contributed by atoms with Crippen LogP contribution in [0.5, 0.6) is 5.75 Å². The zero-order valence-electron chi connectivity index (χ0n) is 17.1. The molecule has 154 valence electrons. The molecule has 5 nitrogen and oxygen atoms in total. The van der Waals surface area contributed by atoms with Crippen LogP contribution in [0.25, 0.3) is 0 Å². The van der Waals surface area contributed by atoms with Crippen LogP contribution in [0.2, 0.25) is 0 Å². The molecule has 0 atom stereocenters. The number of halogens is 1. The molecule has 1 aromatic carbocycles. The summed E-state index contributed by atoms with van der Waals surface area (Å²) >= 11 is 0. The highest BCUT2D eigenvalue weighted by atomic mass is 127. The summed E-state index contributed by atoms with van der Waals surface area (Å²) in [5, 5.41) is 6.99. The zero-order valence-corrected chi connectivity index (χ0v) is 19.4. The van der Waals surface area contributed by atoms with Crippen molar-refractivity contribution in [2.24, 2.45) is 4.99 Å². The van der Waals surface area contributed by atoms with Crippen molar-refractivity contribution in [3.8, 4) is 5.75 Å². The molecule has 2 rings (SSSR count). The van der Waals surface area contributed by atoms with Crippen LogP contribution in [0, 0.1) is 0 Å². The van der Waals surface area contributed by atoms with Crippen molar-refractivity contribution < 1.29 is 9.47 Å². The van der Waals surface area contributed by atoms with Crippen molar-refractivity contribution in [3.63, 3.8) is 0 Å². The number of hydrogen-bond acceptors (Lipinski definition) is 3. The maximum absolute atomic E-state index is 5.63. The third-order valence-electron chi connectivity index (χ3n) is 5.29. The minimum Gasteiger partial charge on any atom is -0.497 e. The number of methoxy groups -OCH3 is 1. The van der Waals surface area contributed by atoms with Crippen molar-refractivity contribution in [1.29, 1.82) is 0 Å². The molecule has 0 aromatic heterocycles. The van der Waals surface area contributed by atoms with Gasteiger partial charge in [-0.3, -0.25) is 4.99 Å². The van der Waals surface area contributed by atoms with E-state index >= 15 is 0 Å². The van der Waals surface area contributed by atoms with Gasteiger partial charge in [-0.1, -0.05) is 38.3 Å². The summed E-state index contributed by atoms with van der Waals surface area (Å²) in [5.74, 6) is 1.79. The van der Waals surface area contributed by atoms with Gasteiger partial charge in [0.2, 0.25) is 0 Å². The molecule has 1 fully saturated rings. The molecule has 2 N–H and O–H groups in total. The molecule has 0 spiro atoms. The van der Waals surface area contributed by atoms with Gasteiger partial charge in [0, 0.05) is 38.8 Å². The Morgan fingerprint density at radius 2 is 1.81 bits per heavy atom. The van der Waals surface area contributed by atoms with Crippen molar-refractivity contribution in [1.82, 2.24) is 10.6 Å². The van der Waals surface area contributed by atoms with E-state index in [2.05, 4.69) is 34.7 Å². The Labute approximate surface area is 181 Å². The van der Waals surface area contributed by atoms with Gasteiger partial charge in [-0.15, -0.1) is 24.0 Å². The predicted molar refractivity (Wildman–Crippen MR) is 124 cm³/mol. The second-order valence-electron chi connectivity index (χ2n) is 7.03. The molecule has 1 aliphatic rings. The summed E-state index contributed by atoms with van der Waals surface area (Å²) in [6.07, 6.45) is 7.05. The second-order valence-corrected chi connectivity index (χ2v) is 7.03. The van der Waals surface area contributed by atoms with Gasteiger partial charge in [-0.05, 0) is 37.0 Å². The van der Waals surface area contributed by atoms with E-state index in [4.69, 9.17) is 9.47 Å². The van der Waals surface area contributed by atoms with Crippen LogP contribution in [0.1, 0.15) is 51.0 Å². The molecule has 0 unspecified atom stereocenters. The van der Waals surface area contributed by atoms with Crippen molar-refractivity contribution >= 4 is 29.9 Å². The smallest absolute Gasteiger partial charge is 0.191 e. The molecule has 0 radical (unpaired) electrons. The van der Waals surface area contributed by atoms with Crippen molar-refractivity contribution in [2.45, 2.75) is 50.9 Å². The molecule has 0 amide bonds. The maximum Gasteiger partial charge on any atom is 0.191 e. The fourth-order valence-electron chi connectivity index (χ4n) is 3.51. The van der Waals surface area contributed by atoms with E-state index in [0.29, 0.717) is 0 Å². The minimum atomic E-state index is 0. The first-order valence-electron chi connectivity index (χ1n) is 9.91. The summed E-state index contributed by atoms with van der Waals surface area (Å²) < 4.78 is 10.9. The fraction of sp³-hybridized carbons (Fsp3) is 0.667. The average Bonchev–Trinajstić information content (AvgIpc) is 2.71. The molecule has 0 saturated carbocycles. The summed E-state index contributed by atoms with van der Waals surface area (Å²) in [7, 11) is 3.54. The lowest BCUT2D eigenvalue weighted by Gasteiger charge is -2.38. The van der Waals surface area contributed by atoms with E-state index < -0.39 is 0 Å². The van der Waals surface area contributed by atoms with E-state index in [9.17, 15) is 0 Å². The summed E-state index contributed by atoms with van der Waals surface area (Å²) in [6.45, 7) is 5.67. The first-order chi connectivity index (χ1) is 12.7. The standard InChI is InChI=1S/C21H35N3O2.HI/c1-4-5-6-7-14-23-20(22-2)24-17-21(12-15-26-16-13-21)18-8-10-19(25-3)11-9-18;/h8-11H,4-7,12-17H2,1-3H3,(H2,22,23,24);1H. The average molecular weight is 489 g/mol. The highest BCUT2D eigenvalue weighted by Gasteiger charge is 2.34. The Hall–Kier alpha value is -1.02. The van der Waals surface area contributed by atoms with Crippen LogP contribution in [0.4, 0.5) is 0 Å². The molecule has 1 aliphatic heterocycles. The molecule has 1 aromatic rings. The Morgan fingerprint density at radius 1 is 1.11 bits per heavy atom. The number of aliphatic imine (C=N–C) groups is 1. The maximum atomic E-state index is 5.63. The molecule has 0 aliphatic carbocycles. The van der Waals surface area contributed by atoms with Gasteiger partial charge in [0.1, 0.15) is 5.75 Å². The predicted octanol–water partition coefficient (Wildman–Crippen LogP) is 4.11. The summed E-state index contributed by atoms with van der Waals surface area (Å²) in [5.41, 5.74) is 1.41. The van der Waals surface area contributed by atoms with E-state index in [1.165, 1.54) is 31.2 Å². The van der Waals surface area contributed by atoms with Gasteiger partial charge < -0.3 is 20.1 Å². The highest BCUT2D eigenvalue weighted by Crippen LogP contribution is 2.35. The number of ether oxygens (including phenoxy) is 2. The number of hydrogen-bond donors (Lipinski definition) is 2. The van der Waals surface area contributed by atoms with Crippen LogP contribution in [0.15, 0.2) is 29.3 Å². The lowest BCUT2D eigenvalue weighted by molar-refractivity contribution is 0.0513. The Balaban J connectivity index is 0.00000364. The summed E-state index contributed by atoms with van der Waals surface area (Å²) in [6, 6.07) is 8.47. The zero-order chi connectivity index (χ0) is 18.7. The van der Waals surface area contributed by atoms with Crippen LogP contribution < -0.4 is 15.4 Å². The summed E-state index contributed by atoms with van der Waals surface area (Å²) in [4.78, 5) is 4.39. The minimum absolute atomic E-state index is 0. The molecule has 0 bridgehead atoms. The van der Waals surface area contributed by atoms with Gasteiger partial charge in [0.05, 0.1) is 7.11 Å². The largest absolute Gasteiger partial charge is 0.497 e. The van der Waals surface area contributed by atoms with Crippen LogP contribution >= 0.6 is 24.0 Å². The van der Waals surface area contributed by atoms with Crippen molar-refractivity contribution in [2.75, 3.05) is 40.5 Å². The van der Waals surface area contributed by atoms with E-state index in [1.54, 1.807) is 7.11 Å². The second kappa shape index (κ2) is 13.2. The number of benzene rings is 1. The SMILES string of the molecule is CCCCCCNC(=NC)NCC1(c2ccc(OC)cc2)CCOCC1.I. The fourth-order valence-corrected chi connectivity index (χ4v) is 3.51. The highest BCUT2D eigenvalue weighted by molar-refractivity contribution is 14.0. The first kappa shape index (κ1) is 24.0. The lowest BCUT2D eigenvalue weighted by Crippen LogP contribution is -2.48. The van der Waals surface area contributed by atoms with Crippen molar-refractivity contribution in [3.05, 3.63) is 29.8 Å². The third-order valence-corrected chi connectivity index (χ3v) is 5.29. The molecular weight excluding hydrogens is 453 g/mol. The van der Waals surface area contributed by atoms with Gasteiger partial charge in [-0.25, -0.2) is 0 Å². The molecule has 1 saturated heterocycles. The van der Waals surface area contributed by atoms with Gasteiger partial charge in [0.25, 0.3) is 0 Å². The molecule has 6 heteroatoms. The monoisotopic (exact) mass is 489 g/mol. The number of rotatable bonds is 9. The number of unbranched alkanes of at least 4 members (excludes halogenated alkanes) is 3. The lowest BCUT2D eigenvalue weighted by atomic mass is 9.74. The van der Waals surface area contributed by atoms with E-state index in [0.717, 1.165) is 50.9 Å². The van der Waals surface area contributed by atoms with Gasteiger partial charge in [-0.2, -0.15) is 0 Å². The van der Waals surface area contributed by atoms with Gasteiger partial charge in [0.15, 0.2) is 5.96 Å². The van der Waals surface area contributed by atoms with E-state index in [1.807, 2.05) is 19.2 Å². The number of nitrogens with zero attached hydrogens (tertiary/aromatic N) is 1. The normalized spacial score (nSPS) is 16.3. The Bertz CT molecular complexity index is 543. The topological polar surface area (TPSA) is 54.9 Å². The molecule has 1 heterocycles. The third kappa shape index (κ3) is 7.49. The molecular formula is C21H36IN3O2. The number of guanidine groups is 1. The Kier molecular flexibility index (Phi) is 11.7. The van der Waals surface area contributed by atoms with Crippen LogP contribution in [-0.2, 0) is 10.2 Å². The van der Waals surface area contributed by atoms with E-state index in [-0.39, 0.29) is 29.4 Å². The number of nitrogens with one attached hydrogen (secondary N) is 2. The van der Waals surface area contributed by atoms with Gasteiger partial charge >= 0.3 is 0 Å². The quantitative estimate of drug-likeness (QED) is 0.237.